The van der Waals surface area contributed by atoms with Gasteiger partial charge in [-0.2, -0.15) is 0 Å². The molecule has 0 radical (unpaired) electrons. The predicted octanol–water partition coefficient (Wildman–Crippen LogP) is 1.06. The standard InChI is InChI=1S/C13H24N4O/c1-5-16(4)13(18)8-17-9-15-7-12(17)11(6-14)10(2)3/h7,9-11H,5-6,8,14H2,1-4H3. The lowest BCUT2D eigenvalue weighted by Gasteiger charge is -2.21. The second-order valence-electron chi connectivity index (χ2n) is 4.94. The second kappa shape index (κ2) is 6.54. The Bertz CT molecular complexity index is 386. The quantitative estimate of drug-likeness (QED) is 0.823. The van der Waals surface area contributed by atoms with Crippen molar-refractivity contribution in [3.05, 3.63) is 18.2 Å². The van der Waals surface area contributed by atoms with Gasteiger partial charge in [0.05, 0.1) is 6.33 Å². The Kier molecular flexibility index (Phi) is 5.34. The molecule has 1 atom stereocenters. The van der Waals surface area contributed by atoms with E-state index in [1.54, 1.807) is 11.2 Å². The van der Waals surface area contributed by atoms with Gasteiger partial charge in [-0.25, -0.2) is 4.98 Å². The highest BCUT2D eigenvalue weighted by Crippen LogP contribution is 2.22. The number of hydrogen-bond donors (Lipinski definition) is 1. The molecule has 2 N–H and O–H groups in total. The second-order valence-corrected chi connectivity index (χ2v) is 4.94. The van der Waals surface area contributed by atoms with Gasteiger partial charge in [-0.15, -0.1) is 0 Å². The lowest BCUT2D eigenvalue weighted by Crippen LogP contribution is -2.31. The van der Waals surface area contributed by atoms with Crippen LogP contribution in [-0.2, 0) is 11.3 Å². The van der Waals surface area contributed by atoms with Crippen LogP contribution in [0.1, 0.15) is 32.4 Å². The maximum atomic E-state index is 11.9. The number of amides is 1. The van der Waals surface area contributed by atoms with Crippen molar-refractivity contribution in [2.45, 2.75) is 33.2 Å². The van der Waals surface area contributed by atoms with Crippen LogP contribution >= 0.6 is 0 Å². The van der Waals surface area contributed by atoms with E-state index in [0.717, 1.165) is 5.69 Å². The normalized spacial score (nSPS) is 12.8. The largest absolute Gasteiger partial charge is 0.344 e. The van der Waals surface area contributed by atoms with Crippen LogP contribution in [0.5, 0.6) is 0 Å². The van der Waals surface area contributed by atoms with Crippen molar-refractivity contribution >= 4 is 5.91 Å². The van der Waals surface area contributed by atoms with Crippen LogP contribution in [0.15, 0.2) is 12.5 Å². The Labute approximate surface area is 109 Å². The van der Waals surface area contributed by atoms with Crippen LogP contribution in [0.25, 0.3) is 0 Å². The number of imidazole rings is 1. The van der Waals surface area contributed by atoms with Crippen molar-refractivity contribution in [3.8, 4) is 0 Å². The zero-order chi connectivity index (χ0) is 13.7. The minimum Gasteiger partial charge on any atom is -0.344 e. The van der Waals surface area contributed by atoms with Crippen LogP contribution in [-0.4, -0.2) is 40.5 Å². The van der Waals surface area contributed by atoms with Gasteiger partial charge < -0.3 is 15.2 Å². The molecule has 0 aliphatic heterocycles. The molecule has 1 rings (SSSR count). The van der Waals surface area contributed by atoms with Gasteiger partial charge in [0.1, 0.15) is 6.54 Å². The molecule has 5 heteroatoms. The molecular formula is C13H24N4O. The van der Waals surface area contributed by atoms with Gasteiger partial charge in [-0.1, -0.05) is 13.8 Å². The van der Waals surface area contributed by atoms with Gasteiger partial charge in [0.2, 0.25) is 5.91 Å². The molecule has 102 valence electrons. The van der Waals surface area contributed by atoms with Crippen molar-refractivity contribution in [2.24, 2.45) is 11.7 Å². The molecule has 1 unspecified atom stereocenters. The highest BCUT2D eigenvalue weighted by molar-refractivity contribution is 5.75. The lowest BCUT2D eigenvalue weighted by atomic mass is 9.93. The minimum absolute atomic E-state index is 0.0938. The fourth-order valence-electron chi connectivity index (χ4n) is 1.95. The Morgan fingerprint density at radius 3 is 2.72 bits per heavy atom. The van der Waals surface area contributed by atoms with Crippen molar-refractivity contribution in [1.29, 1.82) is 0 Å². The summed E-state index contributed by atoms with van der Waals surface area (Å²) in [5.41, 5.74) is 6.86. The maximum Gasteiger partial charge on any atom is 0.242 e. The van der Waals surface area contributed by atoms with Gasteiger partial charge in [-0.05, 0) is 12.8 Å². The highest BCUT2D eigenvalue weighted by atomic mass is 16.2. The molecule has 1 amide bonds. The summed E-state index contributed by atoms with van der Waals surface area (Å²) in [4.78, 5) is 17.8. The summed E-state index contributed by atoms with van der Waals surface area (Å²) in [7, 11) is 1.81. The SMILES string of the molecule is CCN(C)C(=O)Cn1cncc1C(CN)C(C)C. The summed E-state index contributed by atoms with van der Waals surface area (Å²) in [5, 5.41) is 0. The van der Waals surface area contributed by atoms with E-state index >= 15 is 0 Å². The number of rotatable bonds is 6. The van der Waals surface area contributed by atoms with Crippen LogP contribution in [0, 0.1) is 5.92 Å². The van der Waals surface area contributed by atoms with Crippen molar-refractivity contribution in [2.75, 3.05) is 20.1 Å². The Morgan fingerprint density at radius 1 is 1.56 bits per heavy atom. The van der Waals surface area contributed by atoms with E-state index in [9.17, 15) is 4.79 Å². The van der Waals surface area contributed by atoms with Crippen molar-refractivity contribution < 1.29 is 4.79 Å². The molecule has 0 aromatic carbocycles. The number of likely N-dealkylation sites (N-methyl/N-ethyl adjacent to an activating group) is 1. The third-order valence-electron chi connectivity index (χ3n) is 3.39. The summed E-state index contributed by atoms with van der Waals surface area (Å²) in [6, 6.07) is 0. The molecule has 1 heterocycles. The predicted molar refractivity (Wildman–Crippen MR) is 72.2 cm³/mol. The number of aromatic nitrogens is 2. The summed E-state index contributed by atoms with van der Waals surface area (Å²) in [6.45, 7) is 7.85. The topological polar surface area (TPSA) is 64.2 Å². The first-order chi connectivity index (χ1) is 8.51. The third-order valence-corrected chi connectivity index (χ3v) is 3.39. The van der Waals surface area contributed by atoms with E-state index in [2.05, 4.69) is 18.8 Å². The molecule has 0 fully saturated rings. The number of nitrogens with two attached hydrogens (primary N) is 1. The van der Waals surface area contributed by atoms with E-state index in [4.69, 9.17) is 5.73 Å². The number of hydrogen-bond acceptors (Lipinski definition) is 3. The van der Waals surface area contributed by atoms with Crippen LogP contribution in [0.3, 0.4) is 0 Å². The van der Waals surface area contributed by atoms with E-state index in [0.29, 0.717) is 25.6 Å². The molecule has 5 nitrogen and oxygen atoms in total. The molecule has 1 aromatic heterocycles. The molecular weight excluding hydrogens is 228 g/mol. The average Bonchev–Trinajstić information content (AvgIpc) is 2.76. The fraction of sp³-hybridized carbons (Fsp3) is 0.692. The molecule has 18 heavy (non-hydrogen) atoms. The van der Waals surface area contributed by atoms with E-state index < -0.39 is 0 Å². The first-order valence-electron chi connectivity index (χ1n) is 6.45. The van der Waals surface area contributed by atoms with Crippen molar-refractivity contribution in [1.82, 2.24) is 14.5 Å². The van der Waals surface area contributed by atoms with Gasteiger partial charge >= 0.3 is 0 Å². The molecule has 1 aromatic rings. The first-order valence-corrected chi connectivity index (χ1v) is 6.45. The van der Waals surface area contributed by atoms with E-state index in [1.165, 1.54) is 0 Å². The molecule has 0 saturated carbocycles. The number of carbonyl (C=O) groups excluding carboxylic acids is 1. The smallest absolute Gasteiger partial charge is 0.242 e. The number of nitrogens with zero attached hydrogens (tertiary/aromatic N) is 3. The highest BCUT2D eigenvalue weighted by Gasteiger charge is 2.19. The summed E-state index contributed by atoms with van der Waals surface area (Å²) < 4.78 is 1.91. The molecule has 0 saturated heterocycles. The van der Waals surface area contributed by atoms with Crippen molar-refractivity contribution in [3.63, 3.8) is 0 Å². The maximum absolute atomic E-state index is 11.9. The number of carbonyl (C=O) groups is 1. The van der Waals surface area contributed by atoms with Gasteiger partial charge in [0, 0.05) is 37.9 Å². The fourth-order valence-corrected chi connectivity index (χ4v) is 1.95. The van der Waals surface area contributed by atoms with Crippen LogP contribution < -0.4 is 5.73 Å². The molecule has 0 bridgehead atoms. The van der Waals surface area contributed by atoms with Gasteiger partial charge in [0.15, 0.2) is 0 Å². The Hall–Kier alpha value is -1.36. The first kappa shape index (κ1) is 14.7. The van der Waals surface area contributed by atoms with E-state index in [-0.39, 0.29) is 11.8 Å². The van der Waals surface area contributed by atoms with Gasteiger partial charge in [-0.3, -0.25) is 4.79 Å². The summed E-state index contributed by atoms with van der Waals surface area (Å²) >= 11 is 0. The Balaban J connectivity index is 2.85. The summed E-state index contributed by atoms with van der Waals surface area (Å²) in [6.07, 6.45) is 3.53. The Morgan fingerprint density at radius 2 is 2.22 bits per heavy atom. The monoisotopic (exact) mass is 252 g/mol. The zero-order valence-electron chi connectivity index (χ0n) is 11.8. The van der Waals surface area contributed by atoms with Crippen LogP contribution in [0.2, 0.25) is 0 Å². The molecule has 0 aliphatic rings. The third kappa shape index (κ3) is 3.32. The van der Waals surface area contributed by atoms with E-state index in [1.807, 2.05) is 24.7 Å². The average molecular weight is 252 g/mol. The van der Waals surface area contributed by atoms with Gasteiger partial charge in [0.25, 0.3) is 0 Å². The molecule has 0 aliphatic carbocycles. The minimum atomic E-state index is 0.0938. The zero-order valence-corrected chi connectivity index (χ0v) is 11.8. The lowest BCUT2D eigenvalue weighted by molar-refractivity contribution is -0.130. The molecule has 0 spiro atoms. The summed E-state index contributed by atoms with van der Waals surface area (Å²) in [5.74, 6) is 0.771. The van der Waals surface area contributed by atoms with Crippen LogP contribution in [0.4, 0.5) is 0 Å².